The van der Waals surface area contributed by atoms with Crippen LogP contribution in [0.5, 0.6) is 0 Å². The van der Waals surface area contributed by atoms with Crippen LogP contribution in [0.4, 0.5) is 5.69 Å². The summed E-state index contributed by atoms with van der Waals surface area (Å²) < 4.78 is 0. The molecule has 0 bridgehead atoms. The lowest BCUT2D eigenvalue weighted by Gasteiger charge is -2.11. The molecule has 2 aromatic rings. The summed E-state index contributed by atoms with van der Waals surface area (Å²) in [5.41, 5.74) is 6.55. The molecule has 0 unspecified atom stereocenters. The largest absolute Gasteiger partial charge is 0.378 e. The molecule has 0 saturated heterocycles. The van der Waals surface area contributed by atoms with Crippen molar-refractivity contribution in [2.24, 2.45) is 5.10 Å². The fourth-order valence-electron chi connectivity index (χ4n) is 1.71. The number of hydrogen-bond donors (Lipinski definition) is 1. The summed E-state index contributed by atoms with van der Waals surface area (Å²) in [6.45, 7) is 0.743. The van der Waals surface area contributed by atoms with Gasteiger partial charge in [0.15, 0.2) is 0 Å². The number of hydrazone groups is 1. The third-order valence-corrected chi connectivity index (χ3v) is 2.84. The molecule has 19 heavy (non-hydrogen) atoms. The first-order valence-corrected chi connectivity index (χ1v) is 6.33. The SMILES string of the molecule is CN(C)c1ccc(C=NNCc2ccccc2)cc1. The second-order valence-electron chi connectivity index (χ2n) is 4.56. The normalized spacial score (nSPS) is 10.6. The standard InChI is InChI=1S/C16H19N3/c1-19(2)16-10-8-15(9-11-16)13-18-17-12-14-6-4-3-5-7-14/h3-11,13,17H,12H2,1-2H3. The maximum Gasteiger partial charge on any atom is 0.0580 e. The van der Waals surface area contributed by atoms with Gasteiger partial charge in [-0.15, -0.1) is 0 Å². The van der Waals surface area contributed by atoms with E-state index in [2.05, 4.69) is 51.8 Å². The number of benzene rings is 2. The predicted octanol–water partition coefficient (Wildman–Crippen LogP) is 2.88. The van der Waals surface area contributed by atoms with Crippen LogP contribution in [0, 0.1) is 0 Å². The van der Waals surface area contributed by atoms with E-state index in [9.17, 15) is 0 Å². The molecule has 0 aliphatic heterocycles. The van der Waals surface area contributed by atoms with Gasteiger partial charge in [-0.2, -0.15) is 5.10 Å². The smallest absolute Gasteiger partial charge is 0.0580 e. The Morgan fingerprint density at radius 1 is 1.00 bits per heavy atom. The monoisotopic (exact) mass is 253 g/mol. The van der Waals surface area contributed by atoms with Gasteiger partial charge in [0.2, 0.25) is 0 Å². The van der Waals surface area contributed by atoms with Crippen LogP contribution in [0.3, 0.4) is 0 Å². The van der Waals surface area contributed by atoms with E-state index in [1.807, 2.05) is 38.5 Å². The van der Waals surface area contributed by atoms with Gasteiger partial charge in [0, 0.05) is 19.8 Å². The first-order chi connectivity index (χ1) is 9.25. The molecular formula is C16H19N3. The van der Waals surface area contributed by atoms with Crippen LogP contribution in [0.25, 0.3) is 0 Å². The van der Waals surface area contributed by atoms with Gasteiger partial charge in [-0.05, 0) is 23.3 Å². The van der Waals surface area contributed by atoms with Crippen molar-refractivity contribution < 1.29 is 0 Å². The Hall–Kier alpha value is -2.29. The third kappa shape index (κ3) is 4.14. The quantitative estimate of drug-likeness (QED) is 0.655. The number of nitrogens with zero attached hydrogens (tertiary/aromatic N) is 2. The summed E-state index contributed by atoms with van der Waals surface area (Å²) in [5, 5.41) is 4.22. The van der Waals surface area contributed by atoms with Crippen LogP contribution in [0.15, 0.2) is 59.7 Å². The predicted molar refractivity (Wildman–Crippen MR) is 81.6 cm³/mol. The molecule has 0 amide bonds. The highest BCUT2D eigenvalue weighted by molar-refractivity contribution is 5.80. The van der Waals surface area contributed by atoms with Gasteiger partial charge in [0.05, 0.1) is 12.8 Å². The summed E-state index contributed by atoms with van der Waals surface area (Å²) >= 11 is 0. The fraction of sp³-hybridized carbons (Fsp3) is 0.188. The lowest BCUT2D eigenvalue weighted by atomic mass is 10.2. The maximum absolute atomic E-state index is 4.22. The molecule has 0 fully saturated rings. The van der Waals surface area contributed by atoms with Gasteiger partial charge < -0.3 is 10.3 Å². The molecule has 1 N–H and O–H groups in total. The lowest BCUT2D eigenvalue weighted by molar-refractivity contribution is 0.748. The van der Waals surface area contributed by atoms with Crippen LogP contribution < -0.4 is 10.3 Å². The second-order valence-corrected chi connectivity index (χ2v) is 4.56. The lowest BCUT2D eigenvalue weighted by Crippen LogP contribution is -2.08. The minimum absolute atomic E-state index is 0.743. The van der Waals surface area contributed by atoms with E-state index >= 15 is 0 Å². The van der Waals surface area contributed by atoms with Gasteiger partial charge in [0.1, 0.15) is 0 Å². The average Bonchev–Trinajstić information content (AvgIpc) is 2.45. The Kier molecular flexibility index (Phi) is 4.56. The number of anilines is 1. The summed E-state index contributed by atoms with van der Waals surface area (Å²) in [7, 11) is 4.06. The van der Waals surface area contributed by atoms with E-state index in [0.717, 1.165) is 12.1 Å². The Labute approximate surface area is 114 Å². The molecule has 3 heteroatoms. The van der Waals surface area contributed by atoms with Gasteiger partial charge >= 0.3 is 0 Å². The highest BCUT2D eigenvalue weighted by Gasteiger charge is 1.93. The highest BCUT2D eigenvalue weighted by Crippen LogP contribution is 2.10. The van der Waals surface area contributed by atoms with Crippen LogP contribution >= 0.6 is 0 Å². The van der Waals surface area contributed by atoms with Gasteiger partial charge in [-0.1, -0.05) is 42.5 Å². The first-order valence-electron chi connectivity index (χ1n) is 6.33. The van der Waals surface area contributed by atoms with E-state index in [0.29, 0.717) is 0 Å². The van der Waals surface area contributed by atoms with Crippen LogP contribution in [-0.2, 0) is 6.54 Å². The Bertz CT molecular complexity index is 515. The molecule has 0 saturated carbocycles. The van der Waals surface area contributed by atoms with Crippen molar-refractivity contribution in [3.05, 3.63) is 65.7 Å². The number of nitrogens with one attached hydrogen (secondary N) is 1. The molecule has 2 aromatic carbocycles. The zero-order chi connectivity index (χ0) is 13.5. The number of hydrogen-bond acceptors (Lipinski definition) is 3. The van der Waals surface area contributed by atoms with Crippen molar-refractivity contribution >= 4 is 11.9 Å². The zero-order valence-corrected chi connectivity index (χ0v) is 11.4. The van der Waals surface area contributed by atoms with Crippen molar-refractivity contribution in [1.82, 2.24) is 5.43 Å². The Balaban J connectivity index is 1.85. The number of rotatable bonds is 5. The van der Waals surface area contributed by atoms with Gasteiger partial charge in [0.25, 0.3) is 0 Å². The molecule has 0 aliphatic carbocycles. The maximum atomic E-state index is 4.22. The second kappa shape index (κ2) is 6.59. The van der Waals surface area contributed by atoms with Crippen molar-refractivity contribution in [2.75, 3.05) is 19.0 Å². The summed E-state index contributed by atoms with van der Waals surface area (Å²) in [6, 6.07) is 18.5. The molecule has 98 valence electrons. The van der Waals surface area contributed by atoms with Gasteiger partial charge in [-0.3, -0.25) is 0 Å². The first kappa shape index (κ1) is 13.1. The van der Waals surface area contributed by atoms with E-state index in [4.69, 9.17) is 0 Å². The van der Waals surface area contributed by atoms with Crippen LogP contribution in [-0.4, -0.2) is 20.3 Å². The van der Waals surface area contributed by atoms with E-state index in [1.54, 1.807) is 0 Å². The fourth-order valence-corrected chi connectivity index (χ4v) is 1.71. The summed E-state index contributed by atoms with van der Waals surface area (Å²) in [4.78, 5) is 2.08. The van der Waals surface area contributed by atoms with E-state index in [-0.39, 0.29) is 0 Å². The molecule has 0 aromatic heterocycles. The van der Waals surface area contributed by atoms with Gasteiger partial charge in [-0.25, -0.2) is 0 Å². The molecule has 0 atom stereocenters. The topological polar surface area (TPSA) is 27.6 Å². The van der Waals surface area contributed by atoms with Crippen molar-refractivity contribution in [1.29, 1.82) is 0 Å². The minimum Gasteiger partial charge on any atom is -0.378 e. The third-order valence-electron chi connectivity index (χ3n) is 2.84. The summed E-state index contributed by atoms with van der Waals surface area (Å²) in [6.07, 6.45) is 1.84. The van der Waals surface area contributed by atoms with Crippen molar-refractivity contribution in [3.63, 3.8) is 0 Å². The van der Waals surface area contributed by atoms with E-state index < -0.39 is 0 Å². The molecule has 0 aliphatic rings. The van der Waals surface area contributed by atoms with Crippen LogP contribution in [0.2, 0.25) is 0 Å². The molecule has 0 heterocycles. The molecule has 0 radical (unpaired) electrons. The van der Waals surface area contributed by atoms with E-state index in [1.165, 1.54) is 11.3 Å². The van der Waals surface area contributed by atoms with Crippen molar-refractivity contribution in [2.45, 2.75) is 6.54 Å². The zero-order valence-electron chi connectivity index (χ0n) is 11.4. The Morgan fingerprint density at radius 2 is 1.68 bits per heavy atom. The molecule has 2 rings (SSSR count). The van der Waals surface area contributed by atoms with Crippen molar-refractivity contribution in [3.8, 4) is 0 Å². The molecule has 3 nitrogen and oxygen atoms in total. The highest BCUT2D eigenvalue weighted by atomic mass is 15.3. The molecule has 0 spiro atoms. The minimum atomic E-state index is 0.743. The molecular weight excluding hydrogens is 234 g/mol. The van der Waals surface area contributed by atoms with Crippen LogP contribution in [0.1, 0.15) is 11.1 Å². The Morgan fingerprint density at radius 3 is 2.32 bits per heavy atom. The average molecular weight is 253 g/mol. The summed E-state index contributed by atoms with van der Waals surface area (Å²) in [5.74, 6) is 0.